The zero-order valence-electron chi connectivity index (χ0n) is 29.5. The zero-order valence-corrected chi connectivity index (χ0v) is 29.5. The first-order valence-corrected chi connectivity index (χ1v) is 17.8. The molecule has 6 rings (SSSR count). The maximum Gasteiger partial charge on any atom is 0.115 e. The molecule has 1 aliphatic rings. The van der Waals surface area contributed by atoms with E-state index in [-0.39, 0.29) is 11.5 Å². The first kappa shape index (κ1) is 35.7. The molecule has 1 saturated heterocycles. The van der Waals surface area contributed by atoms with Crippen molar-refractivity contribution in [1.29, 1.82) is 0 Å². The van der Waals surface area contributed by atoms with E-state index in [4.69, 9.17) is 23.7 Å². The van der Waals surface area contributed by atoms with Crippen LogP contribution in [0.25, 0.3) is 0 Å². The van der Waals surface area contributed by atoms with E-state index in [9.17, 15) is 0 Å². The second kappa shape index (κ2) is 17.7. The number of ether oxygens (including phenoxy) is 5. The van der Waals surface area contributed by atoms with Gasteiger partial charge in [0, 0.05) is 6.42 Å². The minimum absolute atomic E-state index is 0.0715. The molecule has 0 unspecified atom stereocenters. The van der Waals surface area contributed by atoms with Crippen molar-refractivity contribution in [2.24, 2.45) is 0 Å². The fraction of sp³-hybridized carbons (Fsp3) is 0.333. The van der Waals surface area contributed by atoms with Crippen molar-refractivity contribution in [3.05, 3.63) is 179 Å². The van der Waals surface area contributed by atoms with E-state index < -0.39 is 24.4 Å². The Hall–Kier alpha value is -4.10. The summed E-state index contributed by atoms with van der Waals surface area (Å²) in [6.07, 6.45) is -1.32. The van der Waals surface area contributed by atoms with Crippen LogP contribution in [-0.4, -0.2) is 37.1 Å². The summed E-state index contributed by atoms with van der Waals surface area (Å²) in [4.78, 5) is 0. The van der Waals surface area contributed by atoms with Gasteiger partial charge in [-0.05, 0) is 38.8 Å². The van der Waals surface area contributed by atoms with E-state index in [1.54, 1.807) is 0 Å². The van der Waals surface area contributed by atoms with Crippen LogP contribution in [0.2, 0.25) is 0 Å². The van der Waals surface area contributed by atoms with Gasteiger partial charge in [0.05, 0.1) is 39.1 Å². The summed E-state index contributed by atoms with van der Waals surface area (Å²) >= 11 is 0. The monoisotopic (exact) mass is 670 g/mol. The van der Waals surface area contributed by atoms with E-state index in [1.165, 1.54) is 11.1 Å². The standard InChI is InChI=1S/C45H50O5/c1-45(2,3)39-26-24-34(25-27-39)28-40-42(47-30-36-18-10-5-11-19-36)44(49-32-38-22-14-7-15-23-38)43(48-31-37-20-12-6-13-21-37)41(50-40)33-46-29-35-16-8-4-9-17-35/h4-27,40-44H,28-33H2,1-3H3/t40-,41+,42+,43+,44+/m0/s1. The van der Waals surface area contributed by atoms with E-state index in [0.29, 0.717) is 39.5 Å². The quantitative estimate of drug-likeness (QED) is 0.111. The van der Waals surface area contributed by atoms with Crippen molar-refractivity contribution in [3.8, 4) is 0 Å². The van der Waals surface area contributed by atoms with Crippen molar-refractivity contribution in [2.75, 3.05) is 6.61 Å². The van der Waals surface area contributed by atoms with Gasteiger partial charge in [0.25, 0.3) is 0 Å². The Balaban J connectivity index is 1.33. The number of rotatable bonds is 15. The van der Waals surface area contributed by atoms with Crippen molar-refractivity contribution in [2.45, 2.75) is 89.6 Å². The smallest absolute Gasteiger partial charge is 0.115 e. The molecule has 5 atom stereocenters. The van der Waals surface area contributed by atoms with Gasteiger partial charge < -0.3 is 23.7 Å². The average Bonchev–Trinajstić information content (AvgIpc) is 3.14. The minimum atomic E-state index is -0.449. The maximum atomic E-state index is 7.06. The van der Waals surface area contributed by atoms with Crippen LogP contribution in [0.15, 0.2) is 146 Å². The number of benzene rings is 5. The molecule has 0 aliphatic carbocycles. The van der Waals surface area contributed by atoms with Crippen LogP contribution in [-0.2, 0) is 61.9 Å². The lowest BCUT2D eigenvalue weighted by Crippen LogP contribution is -2.61. The Labute approximate surface area is 298 Å². The van der Waals surface area contributed by atoms with Gasteiger partial charge >= 0.3 is 0 Å². The van der Waals surface area contributed by atoms with Crippen LogP contribution in [0.5, 0.6) is 0 Å². The topological polar surface area (TPSA) is 46.2 Å². The molecule has 50 heavy (non-hydrogen) atoms. The van der Waals surface area contributed by atoms with Crippen LogP contribution >= 0.6 is 0 Å². The van der Waals surface area contributed by atoms with Gasteiger partial charge in [-0.3, -0.25) is 0 Å². The average molecular weight is 671 g/mol. The highest BCUT2D eigenvalue weighted by Crippen LogP contribution is 2.33. The van der Waals surface area contributed by atoms with E-state index in [1.807, 2.05) is 72.8 Å². The normalized spacial score (nSPS) is 20.8. The van der Waals surface area contributed by atoms with Gasteiger partial charge in [-0.15, -0.1) is 0 Å². The highest BCUT2D eigenvalue weighted by Gasteiger charge is 2.48. The lowest BCUT2D eigenvalue weighted by atomic mass is 9.85. The van der Waals surface area contributed by atoms with Gasteiger partial charge in [0.2, 0.25) is 0 Å². The highest BCUT2D eigenvalue weighted by molar-refractivity contribution is 5.28. The van der Waals surface area contributed by atoms with Crippen molar-refractivity contribution in [3.63, 3.8) is 0 Å². The second-order valence-corrected chi connectivity index (χ2v) is 14.1. The highest BCUT2D eigenvalue weighted by atomic mass is 16.6. The van der Waals surface area contributed by atoms with Gasteiger partial charge in [-0.2, -0.15) is 0 Å². The molecular formula is C45H50O5. The second-order valence-electron chi connectivity index (χ2n) is 14.1. The Morgan fingerprint density at radius 1 is 0.440 bits per heavy atom. The first-order chi connectivity index (χ1) is 24.4. The lowest BCUT2D eigenvalue weighted by molar-refractivity contribution is -0.272. The molecule has 1 aliphatic heterocycles. The zero-order chi connectivity index (χ0) is 34.6. The third-order valence-corrected chi connectivity index (χ3v) is 9.24. The molecule has 1 heterocycles. The Morgan fingerprint density at radius 3 is 1.28 bits per heavy atom. The maximum absolute atomic E-state index is 7.06. The van der Waals surface area contributed by atoms with Crippen LogP contribution in [0.4, 0.5) is 0 Å². The minimum Gasteiger partial charge on any atom is -0.374 e. The Morgan fingerprint density at radius 2 is 0.840 bits per heavy atom. The molecule has 0 amide bonds. The summed E-state index contributed by atoms with van der Waals surface area (Å²) < 4.78 is 34.0. The third kappa shape index (κ3) is 10.2. The Bertz CT molecular complexity index is 1670. The molecule has 0 radical (unpaired) electrons. The van der Waals surface area contributed by atoms with Crippen LogP contribution in [0.3, 0.4) is 0 Å². The van der Waals surface area contributed by atoms with Crippen LogP contribution in [0, 0.1) is 0 Å². The predicted octanol–water partition coefficient (Wildman–Crippen LogP) is 9.27. The van der Waals surface area contributed by atoms with Gasteiger partial charge in [-0.25, -0.2) is 0 Å². The van der Waals surface area contributed by atoms with E-state index >= 15 is 0 Å². The molecule has 0 spiro atoms. The summed E-state index contributed by atoms with van der Waals surface area (Å²) in [7, 11) is 0. The van der Waals surface area contributed by atoms with Gasteiger partial charge in [-0.1, -0.05) is 166 Å². The van der Waals surface area contributed by atoms with E-state index in [0.717, 1.165) is 22.3 Å². The number of hydrogen-bond acceptors (Lipinski definition) is 5. The van der Waals surface area contributed by atoms with Crippen LogP contribution < -0.4 is 0 Å². The molecule has 5 heteroatoms. The SMILES string of the molecule is CC(C)(C)c1ccc(C[C@@H]2O[C@H](COCc3ccccc3)[C@@H](OCc3ccccc3)[C@H](OCc3ccccc3)[C@@H]2OCc2ccccc2)cc1. The molecule has 0 bridgehead atoms. The molecule has 0 aromatic heterocycles. The summed E-state index contributed by atoms with van der Waals surface area (Å²) in [6.45, 7) is 8.82. The van der Waals surface area contributed by atoms with E-state index in [2.05, 4.69) is 93.6 Å². The van der Waals surface area contributed by atoms with Crippen molar-refractivity contribution >= 4 is 0 Å². The van der Waals surface area contributed by atoms with Crippen LogP contribution in [0.1, 0.15) is 54.2 Å². The van der Waals surface area contributed by atoms with Crippen molar-refractivity contribution < 1.29 is 23.7 Å². The molecule has 260 valence electrons. The summed E-state index contributed by atoms with van der Waals surface area (Å²) in [5.41, 5.74) is 6.94. The number of hydrogen-bond donors (Lipinski definition) is 0. The summed E-state index contributed by atoms with van der Waals surface area (Å²) in [5, 5.41) is 0. The summed E-state index contributed by atoms with van der Waals surface area (Å²) in [6, 6.07) is 50.0. The largest absolute Gasteiger partial charge is 0.374 e. The van der Waals surface area contributed by atoms with Gasteiger partial charge in [0.1, 0.15) is 24.4 Å². The third-order valence-electron chi connectivity index (χ3n) is 9.24. The molecular weight excluding hydrogens is 620 g/mol. The summed E-state index contributed by atoms with van der Waals surface area (Å²) in [5.74, 6) is 0. The molecule has 5 aromatic carbocycles. The van der Waals surface area contributed by atoms with Crippen molar-refractivity contribution in [1.82, 2.24) is 0 Å². The first-order valence-electron chi connectivity index (χ1n) is 17.8. The fourth-order valence-electron chi connectivity index (χ4n) is 6.42. The lowest BCUT2D eigenvalue weighted by Gasteiger charge is -2.46. The molecule has 1 fully saturated rings. The molecule has 0 N–H and O–H groups in total. The Kier molecular flexibility index (Phi) is 12.7. The molecule has 5 nitrogen and oxygen atoms in total. The molecule has 5 aromatic rings. The fourth-order valence-corrected chi connectivity index (χ4v) is 6.42. The van der Waals surface area contributed by atoms with Gasteiger partial charge in [0.15, 0.2) is 0 Å². The predicted molar refractivity (Wildman–Crippen MR) is 199 cm³/mol. The molecule has 0 saturated carbocycles.